The third kappa shape index (κ3) is 5.21. The van der Waals surface area contributed by atoms with Gasteiger partial charge in [-0.25, -0.2) is 9.59 Å². The summed E-state index contributed by atoms with van der Waals surface area (Å²) in [5.74, 6) is -2.46. The summed E-state index contributed by atoms with van der Waals surface area (Å²) in [7, 11) is 2.42. The summed E-state index contributed by atoms with van der Waals surface area (Å²) >= 11 is 6.17. The average Bonchev–Trinajstić information content (AvgIpc) is 3.14. The third-order valence-corrected chi connectivity index (χ3v) is 5.32. The standard InChI is InChI=1S/C22H21ClN2O6/c1-30-21(28)14-7-15(22(29)31-2)9-17(8-14)24-20(27)16-10-19(26)25(12-16)11-13-5-3-4-6-18(13)23/h3-9,16H,10-12H2,1-2H3,(H,24,27)/t16-/m0/s1. The highest BCUT2D eigenvalue weighted by Crippen LogP contribution is 2.25. The summed E-state index contributed by atoms with van der Waals surface area (Å²) in [5.41, 5.74) is 1.20. The van der Waals surface area contributed by atoms with Crippen LogP contribution in [-0.4, -0.2) is 49.4 Å². The van der Waals surface area contributed by atoms with Crippen molar-refractivity contribution < 1.29 is 28.7 Å². The van der Waals surface area contributed by atoms with E-state index in [9.17, 15) is 19.2 Å². The summed E-state index contributed by atoms with van der Waals surface area (Å²) in [5, 5.41) is 3.23. The average molecular weight is 445 g/mol. The normalized spacial score (nSPS) is 15.5. The van der Waals surface area contributed by atoms with E-state index in [1.807, 2.05) is 12.1 Å². The van der Waals surface area contributed by atoms with Crippen molar-refractivity contribution >= 4 is 41.0 Å². The lowest BCUT2D eigenvalue weighted by molar-refractivity contribution is -0.128. The fourth-order valence-corrected chi connectivity index (χ4v) is 3.54. The van der Waals surface area contributed by atoms with Crippen LogP contribution in [-0.2, 0) is 25.6 Å². The van der Waals surface area contributed by atoms with Gasteiger partial charge in [0.1, 0.15) is 0 Å². The van der Waals surface area contributed by atoms with Crippen LogP contribution < -0.4 is 5.32 Å². The Kier molecular flexibility index (Phi) is 6.91. The number of anilines is 1. The number of rotatable bonds is 6. The van der Waals surface area contributed by atoms with E-state index in [-0.39, 0.29) is 35.7 Å². The number of halogens is 1. The van der Waals surface area contributed by atoms with Crippen LogP contribution in [0.15, 0.2) is 42.5 Å². The van der Waals surface area contributed by atoms with E-state index >= 15 is 0 Å². The van der Waals surface area contributed by atoms with E-state index in [2.05, 4.69) is 5.32 Å². The summed E-state index contributed by atoms with van der Waals surface area (Å²) in [6.07, 6.45) is 0.0524. The number of nitrogens with zero attached hydrogens (tertiary/aromatic N) is 1. The Balaban J connectivity index is 1.74. The van der Waals surface area contributed by atoms with E-state index in [0.29, 0.717) is 11.6 Å². The van der Waals surface area contributed by atoms with Crippen LogP contribution in [0.5, 0.6) is 0 Å². The number of hydrogen-bond donors (Lipinski definition) is 1. The van der Waals surface area contributed by atoms with Crippen LogP contribution in [0.1, 0.15) is 32.7 Å². The molecule has 1 aliphatic heterocycles. The molecule has 2 aromatic carbocycles. The predicted octanol–water partition coefficient (Wildman–Crippen LogP) is 2.90. The van der Waals surface area contributed by atoms with Gasteiger partial charge in [0.15, 0.2) is 0 Å². The minimum atomic E-state index is -0.664. The molecule has 2 aromatic rings. The molecule has 1 fully saturated rings. The van der Waals surface area contributed by atoms with E-state index in [4.69, 9.17) is 21.1 Å². The SMILES string of the molecule is COC(=O)c1cc(NC(=O)[C@H]2CC(=O)N(Cc3ccccc3Cl)C2)cc(C(=O)OC)c1. The number of benzene rings is 2. The van der Waals surface area contributed by atoms with Gasteiger partial charge in [-0.15, -0.1) is 0 Å². The highest BCUT2D eigenvalue weighted by atomic mass is 35.5. The number of carbonyl (C=O) groups is 4. The summed E-state index contributed by atoms with van der Waals surface area (Å²) in [6, 6.07) is 11.3. The molecule has 3 rings (SSSR count). The van der Waals surface area contributed by atoms with E-state index in [1.54, 1.807) is 17.0 Å². The van der Waals surface area contributed by atoms with E-state index in [0.717, 1.165) is 5.56 Å². The molecule has 1 heterocycles. The number of likely N-dealkylation sites (tertiary alicyclic amines) is 1. The Morgan fingerprint density at radius 2 is 1.68 bits per heavy atom. The first-order valence-electron chi connectivity index (χ1n) is 9.46. The molecule has 0 aliphatic carbocycles. The van der Waals surface area contributed by atoms with E-state index in [1.165, 1.54) is 32.4 Å². The minimum Gasteiger partial charge on any atom is -0.465 e. The molecule has 162 valence electrons. The Morgan fingerprint density at radius 1 is 1.06 bits per heavy atom. The summed E-state index contributed by atoms with van der Waals surface area (Å²) < 4.78 is 9.39. The van der Waals surface area contributed by atoms with Crippen molar-refractivity contribution in [3.05, 3.63) is 64.2 Å². The van der Waals surface area contributed by atoms with Crippen molar-refractivity contribution in [2.75, 3.05) is 26.1 Å². The third-order valence-electron chi connectivity index (χ3n) is 4.95. The van der Waals surface area contributed by atoms with Gasteiger partial charge in [-0.1, -0.05) is 29.8 Å². The van der Waals surface area contributed by atoms with Gasteiger partial charge >= 0.3 is 11.9 Å². The summed E-state index contributed by atoms with van der Waals surface area (Å²) in [4.78, 5) is 50.6. The number of hydrogen-bond acceptors (Lipinski definition) is 6. The smallest absolute Gasteiger partial charge is 0.337 e. The molecule has 8 nitrogen and oxygen atoms in total. The van der Waals surface area contributed by atoms with Gasteiger partial charge in [-0.05, 0) is 29.8 Å². The van der Waals surface area contributed by atoms with Crippen LogP contribution in [0, 0.1) is 5.92 Å². The van der Waals surface area contributed by atoms with Crippen LogP contribution in [0.4, 0.5) is 5.69 Å². The summed E-state index contributed by atoms with van der Waals surface area (Å²) in [6.45, 7) is 0.545. The largest absolute Gasteiger partial charge is 0.465 e. The molecule has 0 aromatic heterocycles. The second-order valence-electron chi connectivity index (χ2n) is 7.04. The van der Waals surface area contributed by atoms with Crippen LogP contribution in [0.25, 0.3) is 0 Å². The lowest BCUT2D eigenvalue weighted by Crippen LogP contribution is -2.28. The van der Waals surface area contributed by atoms with E-state index < -0.39 is 23.8 Å². The maximum atomic E-state index is 12.8. The van der Waals surface area contributed by atoms with Crippen LogP contribution in [0.3, 0.4) is 0 Å². The Labute approximate surface area is 184 Å². The number of amides is 2. The number of ether oxygens (including phenoxy) is 2. The topological polar surface area (TPSA) is 102 Å². The lowest BCUT2D eigenvalue weighted by Gasteiger charge is -2.17. The Bertz CT molecular complexity index is 1000. The fraction of sp³-hybridized carbons (Fsp3) is 0.273. The molecule has 0 unspecified atom stereocenters. The van der Waals surface area contributed by atoms with Crippen LogP contribution in [0.2, 0.25) is 5.02 Å². The zero-order valence-corrected chi connectivity index (χ0v) is 17.8. The van der Waals surface area contributed by atoms with Gasteiger partial charge in [0.05, 0.1) is 31.3 Å². The molecule has 0 saturated carbocycles. The van der Waals surface area contributed by atoms with Crippen molar-refractivity contribution in [1.29, 1.82) is 0 Å². The lowest BCUT2D eigenvalue weighted by atomic mass is 10.1. The van der Waals surface area contributed by atoms with Crippen molar-refractivity contribution in [1.82, 2.24) is 4.90 Å². The number of nitrogens with one attached hydrogen (secondary N) is 1. The zero-order valence-electron chi connectivity index (χ0n) is 17.0. The maximum Gasteiger partial charge on any atom is 0.337 e. The predicted molar refractivity (Wildman–Crippen MR) is 113 cm³/mol. The van der Waals surface area contributed by atoms with Crippen molar-refractivity contribution in [3.8, 4) is 0 Å². The van der Waals surface area contributed by atoms with Gasteiger partial charge in [-0.2, -0.15) is 0 Å². The molecule has 2 amide bonds. The van der Waals surface area contributed by atoms with Gasteiger partial charge in [-0.3, -0.25) is 9.59 Å². The fourth-order valence-electron chi connectivity index (χ4n) is 3.35. The zero-order chi connectivity index (χ0) is 22.5. The Hall–Kier alpha value is -3.39. The minimum absolute atomic E-state index is 0.0524. The van der Waals surface area contributed by atoms with Crippen molar-refractivity contribution in [2.45, 2.75) is 13.0 Å². The van der Waals surface area contributed by atoms with Crippen molar-refractivity contribution in [3.63, 3.8) is 0 Å². The highest BCUT2D eigenvalue weighted by Gasteiger charge is 2.34. The monoisotopic (exact) mass is 444 g/mol. The molecule has 0 radical (unpaired) electrons. The molecule has 0 bridgehead atoms. The van der Waals surface area contributed by atoms with Gasteiger partial charge in [0.25, 0.3) is 0 Å². The second kappa shape index (κ2) is 9.61. The number of carbonyl (C=O) groups excluding carboxylic acids is 4. The van der Waals surface area contributed by atoms with Crippen LogP contribution >= 0.6 is 11.6 Å². The van der Waals surface area contributed by atoms with Gasteiger partial charge in [0.2, 0.25) is 11.8 Å². The highest BCUT2D eigenvalue weighted by molar-refractivity contribution is 6.31. The first-order valence-corrected chi connectivity index (χ1v) is 9.84. The molecule has 1 N–H and O–H groups in total. The van der Waals surface area contributed by atoms with Gasteiger partial charge < -0.3 is 19.7 Å². The number of methoxy groups -OCH3 is 2. The molecular weight excluding hydrogens is 424 g/mol. The molecule has 0 spiro atoms. The van der Waals surface area contributed by atoms with Crippen molar-refractivity contribution in [2.24, 2.45) is 5.92 Å². The maximum absolute atomic E-state index is 12.8. The Morgan fingerprint density at radius 3 is 2.26 bits per heavy atom. The molecule has 1 saturated heterocycles. The first-order chi connectivity index (χ1) is 14.8. The number of esters is 2. The molecule has 9 heteroatoms. The van der Waals surface area contributed by atoms with Gasteiger partial charge in [0, 0.05) is 30.2 Å². The quantitative estimate of drug-likeness (QED) is 0.687. The second-order valence-corrected chi connectivity index (χ2v) is 7.45. The molecule has 1 atom stereocenters. The molecule has 1 aliphatic rings. The molecular formula is C22H21ClN2O6. The molecule has 31 heavy (non-hydrogen) atoms. The first kappa shape index (κ1) is 22.3.